The molecular formula is C12H11ClN2O3S. The van der Waals surface area contributed by atoms with Gasteiger partial charge in [0.2, 0.25) is 5.89 Å². The summed E-state index contributed by atoms with van der Waals surface area (Å²) < 4.78 is 10.1. The third-order valence-corrected chi connectivity index (χ3v) is 3.56. The van der Waals surface area contributed by atoms with E-state index in [2.05, 4.69) is 14.9 Å². The highest BCUT2D eigenvalue weighted by Crippen LogP contribution is 2.30. The monoisotopic (exact) mass is 298 g/mol. The van der Waals surface area contributed by atoms with Crippen LogP contribution in [0.3, 0.4) is 0 Å². The van der Waals surface area contributed by atoms with E-state index in [9.17, 15) is 4.79 Å². The lowest BCUT2D eigenvalue weighted by atomic mass is 10.2. The van der Waals surface area contributed by atoms with Crippen LogP contribution in [0.25, 0.3) is 11.5 Å². The summed E-state index contributed by atoms with van der Waals surface area (Å²) in [6.45, 7) is 1.70. The third-order valence-electron chi connectivity index (χ3n) is 2.32. The molecule has 0 aliphatic rings. The third kappa shape index (κ3) is 3.27. The van der Waals surface area contributed by atoms with Crippen LogP contribution in [-0.4, -0.2) is 28.5 Å². The van der Waals surface area contributed by atoms with Crippen LogP contribution in [0.4, 0.5) is 0 Å². The van der Waals surface area contributed by atoms with Crippen molar-refractivity contribution in [2.24, 2.45) is 0 Å². The van der Waals surface area contributed by atoms with E-state index in [1.807, 2.05) is 12.1 Å². The van der Waals surface area contributed by atoms with Crippen LogP contribution in [0.5, 0.6) is 0 Å². The summed E-state index contributed by atoms with van der Waals surface area (Å²) in [5.74, 6) is -0.0207. The number of ether oxygens (including phenoxy) is 1. The number of methoxy groups -OCH3 is 1. The van der Waals surface area contributed by atoms with E-state index in [0.717, 1.165) is 11.8 Å². The molecule has 7 heteroatoms. The first-order chi connectivity index (χ1) is 9.11. The predicted molar refractivity (Wildman–Crippen MR) is 72.1 cm³/mol. The molecule has 0 fully saturated rings. The van der Waals surface area contributed by atoms with Gasteiger partial charge in [-0.3, -0.25) is 4.79 Å². The Morgan fingerprint density at radius 2 is 2.16 bits per heavy atom. The van der Waals surface area contributed by atoms with Crippen molar-refractivity contribution in [3.63, 3.8) is 0 Å². The lowest BCUT2D eigenvalue weighted by Crippen LogP contribution is -2.14. The molecule has 0 aliphatic carbocycles. The summed E-state index contributed by atoms with van der Waals surface area (Å²) in [7, 11) is 1.34. The fourth-order valence-electron chi connectivity index (χ4n) is 1.37. The van der Waals surface area contributed by atoms with Gasteiger partial charge < -0.3 is 9.15 Å². The van der Waals surface area contributed by atoms with E-state index in [1.165, 1.54) is 7.11 Å². The molecule has 1 aromatic carbocycles. The van der Waals surface area contributed by atoms with Crippen LogP contribution >= 0.6 is 23.4 Å². The van der Waals surface area contributed by atoms with Crippen molar-refractivity contribution in [1.82, 2.24) is 10.2 Å². The Labute approximate surface area is 119 Å². The van der Waals surface area contributed by atoms with Gasteiger partial charge in [-0.15, -0.1) is 10.2 Å². The minimum atomic E-state index is -0.412. The van der Waals surface area contributed by atoms with Crippen molar-refractivity contribution < 1.29 is 13.9 Å². The molecular weight excluding hydrogens is 288 g/mol. The maximum atomic E-state index is 11.3. The number of carbonyl (C=O) groups excluding carboxylic acids is 1. The molecule has 19 heavy (non-hydrogen) atoms. The van der Waals surface area contributed by atoms with Gasteiger partial charge in [0.25, 0.3) is 5.22 Å². The molecule has 0 radical (unpaired) electrons. The van der Waals surface area contributed by atoms with Crippen LogP contribution < -0.4 is 0 Å². The van der Waals surface area contributed by atoms with Gasteiger partial charge in [-0.1, -0.05) is 35.5 Å². The molecule has 0 saturated carbocycles. The molecule has 2 aromatic rings. The lowest BCUT2D eigenvalue weighted by Gasteiger charge is -2.04. The quantitative estimate of drug-likeness (QED) is 0.638. The molecule has 2 rings (SSSR count). The van der Waals surface area contributed by atoms with Crippen molar-refractivity contribution in [2.75, 3.05) is 7.11 Å². The highest BCUT2D eigenvalue weighted by Gasteiger charge is 2.19. The highest BCUT2D eigenvalue weighted by molar-refractivity contribution is 8.00. The molecule has 0 bridgehead atoms. The van der Waals surface area contributed by atoms with E-state index in [0.29, 0.717) is 21.7 Å². The molecule has 0 N–H and O–H groups in total. The zero-order valence-electron chi connectivity index (χ0n) is 10.3. The summed E-state index contributed by atoms with van der Waals surface area (Å²) >= 11 is 7.18. The molecule has 0 amide bonds. The second-order valence-corrected chi connectivity index (χ2v) is 5.34. The smallest absolute Gasteiger partial charge is 0.319 e. The fraction of sp³-hybridized carbons (Fsp3) is 0.250. The standard InChI is InChI=1S/C12H11ClN2O3S/c1-7(11(16)17-2)19-12-15-14-10(18-12)8-5-3-4-6-9(8)13/h3-7H,1-2H3. The molecule has 1 aromatic heterocycles. The topological polar surface area (TPSA) is 65.2 Å². The minimum absolute atomic E-state index is 0.299. The summed E-state index contributed by atoms with van der Waals surface area (Å²) in [5, 5.41) is 8.20. The summed E-state index contributed by atoms with van der Waals surface area (Å²) in [6, 6.07) is 7.17. The van der Waals surface area contributed by atoms with Gasteiger partial charge in [-0.05, 0) is 19.1 Å². The molecule has 0 spiro atoms. The summed E-state index contributed by atoms with van der Waals surface area (Å²) in [5.41, 5.74) is 0.661. The first-order valence-electron chi connectivity index (χ1n) is 5.44. The van der Waals surface area contributed by atoms with E-state index >= 15 is 0 Å². The number of halogens is 1. The number of esters is 1. The molecule has 100 valence electrons. The Balaban J connectivity index is 2.16. The first-order valence-corrected chi connectivity index (χ1v) is 6.70. The fourth-order valence-corrected chi connectivity index (χ4v) is 2.29. The number of benzene rings is 1. The lowest BCUT2D eigenvalue weighted by molar-refractivity contribution is -0.139. The Morgan fingerprint density at radius 1 is 1.42 bits per heavy atom. The normalized spacial score (nSPS) is 12.2. The molecule has 0 aliphatic heterocycles. The van der Waals surface area contributed by atoms with Crippen molar-refractivity contribution in [3.8, 4) is 11.5 Å². The van der Waals surface area contributed by atoms with Crippen molar-refractivity contribution in [3.05, 3.63) is 29.3 Å². The van der Waals surface area contributed by atoms with Crippen LogP contribution in [0.15, 0.2) is 33.9 Å². The molecule has 1 heterocycles. The van der Waals surface area contributed by atoms with Crippen LogP contribution in [-0.2, 0) is 9.53 Å². The Morgan fingerprint density at radius 3 is 2.84 bits per heavy atom. The Kier molecular flexibility index (Phi) is 4.44. The largest absolute Gasteiger partial charge is 0.468 e. The second kappa shape index (κ2) is 6.08. The average molecular weight is 299 g/mol. The zero-order chi connectivity index (χ0) is 13.8. The molecule has 0 saturated heterocycles. The van der Waals surface area contributed by atoms with Crippen LogP contribution in [0.1, 0.15) is 6.92 Å². The molecule has 1 atom stereocenters. The summed E-state index contributed by atoms with van der Waals surface area (Å²) in [6.07, 6.45) is 0. The number of hydrogen-bond acceptors (Lipinski definition) is 6. The maximum Gasteiger partial charge on any atom is 0.319 e. The van der Waals surface area contributed by atoms with Crippen molar-refractivity contribution in [2.45, 2.75) is 17.4 Å². The van der Waals surface area contributed by atoms with Gasteiger partial charge in [-0.25, -0.2) is 0 Å². The first kappa shape index (κ1) is 13.9. The van der Waals surface area contributed by atoms with Gasteiger partial charge in [0, 0.05) is 0 Å². The van der Waals surface area contributed by atoms with Gasteiger partial charge in [0.1, 0.15) is 5.25 Å². The number of aromatic nitrogens is 2. The Bertz CT molecular complexity index is 588. The SMILES string of the molecule is COC(=O)C(C)Sc1nnc(-c2ccccc2Cl)o1. The minimum Gasteiger partial charge on any atom is -0.468 e. The number of carbonyl (C=O) groups is 1. The van der Waals surface area contributed by atoms with Crippen molar-refractivity contribution in [1.29, 1.82) is 0 Å². The molecule has 1 unspecified atom stereocenters. The van der Waals surface area contributed by atoms with E-state index in [4.69, 9.17) is 16.0 Å². The van der Waals surface area contributed by atoms with Crippen molar-refractivity contribution >= 4 is 29.3 Å². The number of nitrogens with zero attached hydrogens (tertiary/aromatic N) is 2. The number of hydrogen-bond donors (Lipinski definition) is 0. The second-order valence-electron chi connectivity index (χ2n) is 3.64. The number of rotatable bonds is 4. The molecule has 5 nitrogen and oxygen atoms in total. The van der Waals surface area contributed by atoms with Gasteiger partial charge in [0.15, 0.2) is 0 Å². The van der Waals surface area contributed by atoms with Crippen LogP contribution in [0.2, 0.25) is 5.02 Å². The maximum absolute atomic E-state index is 11.3. The highest BCUT2D eigenvalue weighted by atomic mass is 35.5. The average Bonchev–Trinajstić information content (AvgIpc) is 2.86. The zero-order valence-corrected chi connectivity index (χ0v) is 11.9. The van der Waals surface area contributed by atoms with E-state index in [-0.39, 0.29) is 5.97 Å². The van der Waals surface area contributed by atoms with Gasteiger partial charge in [-0.2, -0.15) is 0 Å². The van der Waals surface area contributed by atoms with Crippen LogP contribution in [0, 0.1) is 0 Å². The van der Waals surface area contributed by atoms with E-state index in [1.54, 1.807) is 19.1 Å². The Hall–Kier alpha value is -1.53. The predicted octanol–water partition coefficient (Wildman–Crippen LogP) is 3.04. The number of thioether (sulfide) groups is 1. The summed E-state index contributed by atoms with van der Waals surface area (Å²) in [4.78, 5) is 11.3. The van der Waals surface area contributed by atoms with Gasteiger partial charge >= 0.3 is 5.97 Å². The van der Waals surface area contributed by atoms with Gasteiger partial charge in [0.05, 0.1) is 17.7 Å². The van der Waals surface area contributed by atoms with E-state index < -0.39 is 5.25 Å².